The summed E-state index contributed by atoms with van der Waals surface area (Å²) in [6.45, 7) is 3.07. The van der Waals surface area contributed by atoms with E-state index < -0.39 is 54.5 Å². The molecule has 37 heavy (non-hydrogen) atoms. The number of aromatic hydroxyl groups is 1. The van der Waals surface area contributed by atoms with Gasteiger partial charge in [0.1, 0.15) is 29.9 Å². The van der Waals surface area contributed by atoms with E-state index in [1.165, 1.54) is 24.7 Å². The zero-order chi connectivity index (χ0) is 27.5. The monoisotopic (exact) mass is 518 g/mol. The number of amides is 3. The van der Waals surface area contributed by atoms with Crippen molar-refractivity contribution in [2.24, 2.45) is 11.7 Å². The van der Waals surface area contributed by atoms with E-state index in [2.05, 4.69) is 25.9 Å². The Morgan fingerprint density at radius 2 is 1.54 bits per heavy atom. The summed E-state index contributed by atoms with van der Waals surface area (Å²) in [5, 5.41) is 35.9. The van der Waals surface area contributed by atoms with Crippen LogP contribution in [0.3, 0.4) is 0 Å². The highest BCUT2D eigenvalue weighted by Crippen LogP contribution is 2.13. The summed E-state index contributed by atoms with van der Waals surface area (Å²) >= 11 is 0. The van der Waals surface area contributed by atoms with E-state index >= 15 is 0 Å². The van der Waals surface area contributed by atoms with Crippen LogP contribution in [0.2, 0.25) is 0 Å². The zero-order valence-electron chi connectivity index (χ0n) is 20.7. The van der Waals surface area contributed by atoms with Gasteiger partial charge in [-0.05, 0) is 30.0 Å². The number of nitrogens with two attached hydrogens (primary N) is 1. The largest absolute Gasteiger partial charge is 0.508 e. The quantitative estimate of drug-likeness (QED) is 0.150. The van der Waals surface area contributed by atoms with Crippen molar-refractivity contribution >= 4 is 23.7 Å². The maximum absolute atomic E-state index is 13.2. The average Bonchev–Trinajstić information content (AvgIpc) is 3.36. The van der Waals surface area contributed by atoms with Gasteiger partial charge in [0.25, 0.3) is 0 Å². The molecule has 4 atom stereocenters. The van der Waals surface area contributed by atoms with E-state index in [1.807, 2.05) is 13.8 Å². The number of carboxylic acid groups (broad SMARTS) is 1. The number of carboxylic acids is 1. The van der Waals surface area contributed by atoms with E-state index in [0.717, 1.165) is 0 Å². The Morgan fingerprint density at radius 1 is 0.946 bits per heavy atom. The third-order valence-corrected chi connectivity index (χ3v) is 5.48. The summed E-state index contributed by atoms with van der Waals surface area (Å²) < 4.78 is 0. The van der Waals surface area contributed by atoms with E-state index in [-0.39, 0.29) is 30.9 Å². The lowest BCUT2D eigenvalue weighted by atomic mass is 10.0. The number of benzene rings is 1. The molecular formula is C24H34N6O7. The highest BCUT2D eigenvalue weighted by atomic mass is 16.4. The highest BCUT2D eigenvalue weighted by Gasteiger charge is 2.31. The third kappa shape index (κ3) is 9.54. The minimum atomic E-state index is -1.30. The van der Waals surface area contributed by atoms with Crippen LogP contribution >= 0.6 is 0 Å². The van der Waals surface area contributed by atoms with Crippen LogP contribution in [-0.4, -0.2) is 79.8 Å². The molecule has 9 N–H and O–H groups in total. The third-order valence-electron chi connectivity index (χ3n) is 5.48. The molecule has 1 aromatic heterocycles. The van der Waals surface area contributed by atoms with Crippen molar-refractivity contribution in [3.8, 4) is 5.75 Å². The summed E-state index contributed by atoms with van der Waals surface area (Å²) in [4.78, 5) is 57.0. The number of carbonyl (C=O) groups excluding carboxylic acids is 3. The van der Waals surface area contributed by atoms with Gasteiger partial charge < -0.3 is 42.0 Å². The maximum atomic E-state index is 13.2. The Kier molecular flexibility index (Phi) is 11.0. The molecule has 0 radical (unpaired) electrons. The molecule has 1 aromatic carbocycles. The molecule has 1 heterocycles. The smallest absolute Gasteiger partial charge is 0.326 e. The number of aliphatic hydroxyl groups excluding tert-OH is 1. The lowest BCUT2D eigenvalue weighted by molar-refractivity contribution is -0.142. The number of phenolic OH excluding ortho intramolecular Hbond substituents is 1. The van der Waals surface area contributed by atoms with E-state index in [9.17, 15) is 29.4 Å². The van der Waals surface area contributed by atoms with E-state index in [4.69, 9.17) is 10.8 Å². The molecule has 0 saturated carbocycles. The molecular weight excluding hydrogens is 484 g/mol. The van der Waals surface area contributed by atoms with Crippen molar-refractivity contribution in [3.63, 3.8) is 0 Å². The van der Waals surface area contributed by atoms with Crippen molar-refractivity contribution in [1.29, 1.82) is 0 Å². The number of nitrogens with one attached hydrogen (secondary N) is 4. The number of carbonyl (C=O) groups is 4. The van der Waals surface area contributed by atoms with E-state index in [1.54, 1.807) is 12.1 Å². The van der Waals surface area contributed by atoms with Crippen LogP contribution in [0, 0.1) is 5.92 Å². The Balaban J connectivity index is 2.25. The first kappa shape index (κ1) is 29.3. The molecule has 2 aromatic rings. The lowest BCUT2D eigenvalue weighted by Gasteiger charge is -2.26. The number of aliphatic hydroxyl groups is 1. The van der Waals surface area contributed by atoms with Gasteiger partial charge in [0.2, 0.25) is 17.7 Å². The molecule has 0 aliphatic rings. The minimum Gasteiger partial charge on any atom is -0.508 e. The van der Waals surface area contributed by atoms with Gasteiger partial charge in [0.15, 0.2) is 0 Å². The van der Waals surface area contributed by atoms with Gasteiger partial charge in [0, 0.05) is 24.7 Å². The van der Waals surface area contributed by atoms with Crippen molar-refractivity contribution in [2.75, 3.05) is 6.61 Å². The molecule has 0 saturated heterocycles. The number of hydrogen-bond acceptors (Lipinski definition) is 8. The maximum Gasteiger partial charge on any atom is 0.326 e. The zero-order valence-corrected chi connectivity index (χ0v) is 20.7. The van der Waals surface area contributed by atoms with Crippen LogP contribution in [0.25, 0.3) is 0 Å². The predicted octanol–water partition coefficient (Wildman–Crippen LogP) is -1.19. The molecule has 13 heteroatoms. The summed E-state index contributed by atoms with van der Waals surface area (Å²) in [5.74, 6) is -3.44. The lowest BCUT2D eigenvalue weighted by Crippen LogP contribution is -2.58. The van der Waals surface area contributed by atoms with Crippen molar-refractivity contribution in [2.45, 2.75) is 57.3 Å². The number of H-pyrrole nitrogens is 1. The number of imidazole rings is 1. The molecule has 202 valence electrons. The van der Waals surface area contributed by atoms with Gasteiger partial charge in [-0.25, -0.2) is 9.78 Å². The number of aromatic nitrogens is 2. The number of phenols is 1. The van der Waals surface area contributed by atoms with Gasteiger partial charge in [-0.3, -0.25) is 14.4 Å². The van der Waals surface area contributed by atoms with Crippen LogP contribution in [-0.2, 0) is 32.0 Å². The number of hydrogen-bond donors (Lipinski definition) is 8. The van der Waals surface area contributed by atoms with Crippen LogP contribution in [0.1, 0.15) is 31.5 Å². The molecule has 0 aliphatic carbocycles. The second-order valence-electron chi connectivity index (χ2n) is 9.09. The topological polar surface area (TPSA) is 220 Å². The second kappa shape index (κ2) is 13.9. The van der Waals surface area contributed by atoms with Gasteiger partial charge in [-0.15, -0.1) is 0 Å². The summed E-state index contributed by atoms with van der Waals surface area (Å²) in [6.07, 6.45) is 2.96. The highest BCUT2D eigenvalue weighted by molar-refractivity contribution is 5.94. The Labute approximate surface area is 213 Å². The number of aliphatic carboxylic acids is 1. The Hall–Kier alpha value is -3.97. The summed E-state index contributed by atoms with van der Waals surface area (Å²) in [5.41, 5.74) is 6.64. The molecule has 0 fully saturated rings. The van der Waals surface area contributed by atoms with Crippen molar-refractivity contribution < 1.29 is 34.5 Å². The fraction of sp³-hybridized carbons (Fsp3) is 0.458. The Bertz CT molecular complexity index is 1040. The van der Waals surface area contributed by atoms with Crippen LogP contribution in [0.4, 0.5) is 0 Å². The molecule has 3 amide bonds. The molecule has 0 spiro atoms. The van der Waals surface area contributed by atoms with Gasteiger partial charge in [-0.1, -0.05) is 26.0 Å². The minimum absolute atomic E-state index is 0.0132. The van der Waals surface area contributed by atoms with Crippen LogP contribution < -0.4 is 21.7 Å². The normalized spacial score (nSPS) is 14.3. The number of nitrogens with zero attached hydrogens (tertiary/aromatic N) is 1. The van der Waals surface area contributed by atoms with Gasteiger partial charge >= 0.3 is 5.97 Å². The number of rotatable bonds is 14. The molecule has 4 unspecified atom stereocenters. The fourth-order valence-electron chi connectivity index (χ4n) is 3.50. The molecule has 0 aliphatic heterocycles. The predicted molar refractivity (Wildman–Crippen MR) is 132 cm³/mol. The first-order valence-corrected chi connectivity index (χ1v) is 11.8. The fourth-order valence-corrected chi connectivity index (χ4v) is 3.50. The molecule has 0 bridgehead atoms. The molecule has 2 rings (SSSR count). The van der Waals surface area contributed by atoms with E-state index in [0.29, 0.717) is 11.3 Å². The SMILES string of the molecule is CC(C)CC(NC(=O)C(N)CO)C(=O)NC(Cc1ccc(O)cc1)C(=O)NC(Cc1cnc[nH]1)C(=O)O. The van der Waals surface area contributed by atoms with Crippen molar-refractivity contribution in [3.05, 3.63) is 48.0 Å². The Morgan fingerprint density at radius 3 is 2.08 bits per heavy atom. The average molecular weight is 519 g/mol. The number of aromatic amines is 1. The van der Waals surface area contributed by atoms with Gasteiger partial charge in [0.05, 0.1) is 12.9 Å². The second-order valence-corrected chi connectivity index (χ2v) is 9.09. The van der Waals surface area contributed by atoms with Crippen LogP contribution in [0.5, 0.6) is 5.75 Å². The first-order chi connectivity index (χ1) is 17.5. The first-order valence-electron chi connectivity index (χ1n) is 11.8. The molecule has 13 nitrogen and oxygen atoms in total. The van der Waals surface area contributed by atoms with Crippen LogP contribution in [0.15, 0.2) is 36.8 Å². The standard InChI is InChI=1S/C24H34N6O7/c1-13(2)7-18(28-21(33)17(25)11-31)22(34)29-19(8-14-3-5-16(32)6-4-14)23(35)30-20(24(36)37)9-15-10-26-12-27-15/h3-6,10,12-13,17-20,31-32H,7-9,11,25H2,1-2H3,(H,26,27)(H,28,33)(H,29,34)(H,30,35)(H,36,37). The summed E-state index contributed by atoms with van der Waals surface area (Å²) in [6, 6.07) is 1.17. The summed E-state index contributed by atoms with van der Waals surface area (Å²) in [7, 11) is 0. The van der Waals surface area contributed by atoms with Gasteiger partial charge in [-0.2, -0.15) is 0 Å². The van der Waals surface area contributed by atoms with Crippen molar-refractivity contribution in [1.82, 2.24) is 25.9 Å².